The van der Waals surface area contributed by atoms with E-state index >= 15 is 0 Å². The molecule has 0 saturated heterocycles. The molecule has 6 heteroatoms. The monoisotopic (exact) mass is 302 g/mol. The van der Waals surface area contributed by atoms with E-state index in [9.17, 15) is 5.11 Å². The number of anilines is 1. The summed E-state index contributed by atoms with van der Waals surface area (Å²) in [6.45, 7) is 3.97. The molecule has 2 rings (SSSR count). The zero-order valence-corrected chi connectivity index (χ0v) is 12.2. The van der Waals surface area contributed by atoms with Gasteiger partial charge in [0.15, 0.2) is 5.75 Å². The molecule has 0 aliphatic rings. The van der Waals surface area contributed by atoms with E-state index in [1.165, 1.54) is 0 Å². The van der Waals surface area contributed by atoms with Crippen molar-refractivity contribution in [1.29, 1.82) is 0 Å². The summed E-state index contributed by atoms with van der Waals surface area (Å²) in [5, 5.41) is 16.2. The molecule has 0 aliphatic heterocycles. The molecule has 3 nitrogen and oxygen atoms in total. The maximum absolute atomic E-state index is 9.48. The molecule has 1 unspecified atom stereocenters. The maximum atomic E-state index is 9.48. The Kier molecular flexibility index (Phi) is 4.00. The van der Waals surface area contributed by atoms with Gasteiger partial charge in [-0.3, -0.25) is 0 Å². The number of benzene rings is 1. The lowest BCUT2D eigenvalue weighted by atomic mass is 10.2. The van der Waals surface area contributed by atoms with Gasteiger partial charge in [0.25, 0.3) is 0 Å². The number of phenolic OH excluding ortho intramolecular Hbond substituents is 1. The van der Waals surface area contributed by atoms with Crippen LogP contribution in [0.2, 0.25) is 10.0 Å². The van der Waals surface area contributed by atoms with E-state index in [1.807, 2.05) is 19.2 Å². The van der Waals surface area contributed by atoms with Crippen LogP contribution in [0.3, 0.4) is 0 Å². The third-order valence-corrected chi connectivity index (χ3v) is 3.85. The van der Waals surface area contributed by atoms with Crippen LogP contribution in [0.25, 0.3) is 0 Å². The summed E-state index contributed by atoms with van der Waals surface area (Å²) in [5.41, 5.74) is 1.72. The number of thiazole rings is 1. The Morgan fingerprint density at radius 1 is 1.33 bits per heavy atom. The molecule has 1 heterocycles. The van der Waals surface area contributed by atoms with Gasteiger partial charge in [-0.05, 0) is 26.0 Å². The average molecular weight is 303 g/mol. The number of hydrogen-bond acceptors (Lipinski definition) is 4. The SMILES string of the molecule is Cc1nc(C(C)Nc2cc(Cl)c(O)c(Cl)c2)cs1. The van der Waals surface area contributed by atoms with Gasteiger partial charge in [-0.2, -0.15) is 0 Å². The van der Waals surface area contributed by atoms with Crippen molar-refractivity contribution in [2.24, 2.45) is 0 Å². The molecule has 0 saturated carbocycles. The minimum atomic E-state index is -0.0963. The highest BCUT2D eigenvalue weighted by atomic mass is 35.5. The van der Waals surface area contributed by atoms with Gasteiger partial charge in [-0.1, -0.05) is 23.2 Å². The predicted octanol–water partition coefficient (Wildman–Crippen LogP) is 4.64. The van der Waals surface area contributed by atoms with Gasteiger partial charge in [-0.15, -0.1) is 11.3 Å². The van der Waals surface area contributed by atoms with E-state index in [0.717, 1.165) is 16.4 Å². The van der Waals surface area contributed by atoms with Crippen LogP contribution in [0.15, 0.2) is 17.5 Å². The van der Waals surface area contributed by atoms with Crippen molar-refractivity contribution < 1.29 is 5.11 Å². The fraction of sp³-hybridized carbons (Fsp3) is 0.250. The van der Waals surface area contributed by atoms with Gasteiger partial charge in [0.05, 0.1) is 26.8 Å². The number of hydrogen-bond donors (Lipinski definition) is 2. The quantitative estimate of drug-likeness (QED) is 0.812. The molecule has 0 aliphatic carbocycles. The Morgan fingerprint density at radius 2 is 1.94 bits per heavy atom. The molecule has 0 amide bonds. The first-order valence-corrected chi connectivity index (χ1v) is 6.97. The van der Waals surface area contributed by atoms with Crippen molar-refractivity contribution in [3.05, 3.63) is 38.3 Å². The Hall–Kier alpha value is -0.970. The largest absolute Gasteiger partial charge is 0.505 e. The van der Waals surface area contributed by atoms with Crippen molar-refractivity contribution in [2.75, 3.05) is 5.32 Å². The summed E-state index contributed by atoms with van der Waals surface area (Å²) < 4.78 is 0. The molecule has 1 aromatic carbocycles. The fourth-order valence-electron chi connectivity index (χ4n) is 1.55. The molecule has 18 heavy (non-hydrogen) atoms. The molecule has 0 fully saturated rings. The lowest BCUT2D eigenvalue weighted by molar-refractivity contribution is 0.476. The molecular formula is C12H12Cl2N2OS. The molecule has 2 aromatic rings. The molecule has 0 spiro atoms. The van der Waals surface area contributed by atoms with Gasteiger partial charge in [0, 0.05) is 11.1 Å². The number of halogens is 2. The Bertz CT molecular complexity index is 548. The number of nitrogens with zero attached hydrogens (tertiary/aromatic N) is 1. The van der Waals surface area contributed by atoms with Crippen LogP contribution in [0.5, 0.6) is 5.75 Å². The highest BCUT2D eigenvalue weighted by Gasteiger charge is 2.11. The minimum absolute atomic E-state index is 0.0478. The number of aromatic hydroxyl groups is 1. The first-order valence-electron chi connectivity index (χ1n) is 5.34. The van der Waals surface area contributed by atoms with E-state index in [0.29, 0.717) is 0 Å². The number of nitrogens with one attached hydrogen (secondary N) is 1. The van der Waals surface area contributed by atoms with Crippen LogP contribution in [-0.2, 0) is 0 Å². The minimum Gasteiger partial charge on any atom is -0.505 e. The van der Waals surface area contributed by atoms with Crippen molar-refractivity contribution in [1.82, 2.24) is 4.98 Å². The van der Waals surface area contributed by atoms with Gasteiger partial charge >= 0.3 is 0 Å². The average Bonchev–Trinajstić information content (AvgIpc) is 2.72. The van der Waals surface area contributed by atoms with Crippen LogP contribution in [0.1, 0.15) is 23.7 Å². The second-order valence-corrected chi connectivity index (χ2v) is 5.82. The zero-order chi connectivity index (χ0) is 13.3. The second-order valence-electron chi connectivity index (χ2n) is 3.95. The fourth-order valence-corrected chi connectivity index (χ4v) is 2.75. The van der Waals surface area contributed by atoms with Crippen LogP contribution in [0, 0.1) is 6.92 Å². The van der Waals surface area contributed by atoms with Crippen LogP contribution >= 0.6 is 34.5 Å². The number of aromatic nitrogens is 1. The lowest BCUT2D eigenvalue weighted by Crippen LogP contribution is -2.07. The third kappa shape index (κ3) is 2.88. The van der Waals surface area contributed by atoms with E-state index in [2.05, 4.69) is 10.3 Å². The third-order valence-electron chi connectivity index (χ3n) is 2.48. The molecular weight excluding hydrogens is 291 g/mol. The summed E-state index contributed by atoms with van der Waals surface area (Å²) in [6.07, 6.45) is 0. The maximum Gasteiger partial charge on any atom is 0.152 e. The van der Waals surface area contributed by atoms with Crippen molar-refractivity contribution in [3.8, 4) is 5.75 Å². The smallest absolute Gasteiger partial charge is 0.152 e. The first kappa shape index (κ1) is 13.5. The van der Waals surface area contributed by atoms with Crippen LogP contribution < -0.4 is 5.32 Å². The molecule has 2 N–H and O–H groups in total. The first-order chi connectivity index (χ1) is 8.47. The van der Waals surface area contributed by atoms with Gasteiger partial charge in [0.1, 0.15) is 0 Å². The van der Waals surface area contributed by atoms with Crippen LogP contribution in [-0.4, -0.2) is 10.1 Å². The Labute approximate surface area is 119 Å². The van der Waals surface area contributed by atoms with E-state index < -0.39 is 0 Å². The summed E-state index contributed by atoms with van der Waals surface area (Å²) in [6, 6.07) is 3.32. The van der Waals surface area contributed by atoms with Crippen LogP contribution in [0.4, 0.5) is 5.69 Å². The number of rotatable bonds is 3. The molecule has 96 valence electrons. The molecule has 0 radical (unpaired) electrons. The predicted molar refractivity (Wildman–Crippen MR) is 77.0 cm³/mol. The highest BCUT2D eigenvalue weighted by Crippen LogP contribution is 2.35. The van der Waals surface area contributed by atoms with E-state index in [1.54, 1.807) is 23.5 Å². The topological polar surface area (TPSA) is 45.2 Å². The molecule has 1 aromatic heterocycles. The van der Waals surface area contributed by atoms with Crippen molar-refractivity contribution in [3.63, 3.8) is 0 Å². The Balaban J connectivity index is 2.19. The van der Waals surface area contributed by atoms with E-state index in [4.69, 9.17) is 23.2 Å². The standard InChI is InChI=1S/C12H12Cl2N2OS/c1-6(11-5-18-7(2)16-11)15-8-3-9(13)12(17)10(14)4-8/h3-6,15,17H,1-2H3. The lowest BCUT2D eigenvalue weighted by Gasteiger charge is -2.14. The number of phenols is 1. The highest BCUT2D eigenvalue weighted by molar-refractivity contribution is 7.09. The van der Waals surface area contributed by atoms with Gasteiger partial charge < -0.3 is 10.4 Å². The zero-order valence-electron chi connectivity index (χ0n) is 9.87. The molecule has 1 atom stereocenters. The summed E-state index contributed by atoms with van der Waals surface area (Å²) in [7, 11) is 0. The summed E-state index contributed by atoms with van der Waals surface area (Å²) >= 11 is 13.3. The summed E-state index contributed by atoms with van der Waals surface area (Å²) in [5.74, 6) is -0.0963. The Morgan fingerprint density at radius 3 is 2.44 bits per heavy atom. The van der Waals surface area contributed by atoms with Crippen molar-refractivity contribution in [2.45, 2.75) is 19.9 Å². The van der Waals surface area contributed by atoms with Crippen molar-refractivity contribution >= 4 is 40.2 Å². The van der Waals surface area contributed by atoms with Gasteiger partial charge in [0.2, 0.25) is 0 Å². The normalized spacial score (nSPS) is 12.4. The summed E-state index contributed by atoms with van der Waals surface area (Å²) in [4.78, 5) is 4.41. The number of aryl methyl sites for hydroxylation is 1. The molecule has 0 bridgehead atoms. The van der Waals surface area contributed by atoms with E-state index in [-0.39, 0.29) is 21.8 Å². The second kappa shape index (κ2) is 5.34. The van der Waals surface area contributed by atoms with Gasteiger partial charge in [-0.25, -0.2) is 4.98 Å².